The second-order valence-electron chi connectivity index (χ2n) is 7.58. The van der Waals surface area contributed by atoms with E-state index in [0.29, 0.717) is 23.0 Å². The Kier molecular flexibility index (Phi) is 7.39. The van der Waals surface area contributed by atoms with E-state index in [1.54, 1.807) is 19.3 Å². The number of aryl methyl sites for hydroxylation is 1. The zero-order valence-electron chi connectivity index (χ0n) is 18.2. The number of halogens is 1. The lowest BCUT2D eigenvalue weighted by molar-refractivity contribution is -0.123. The Bertz CT molecular complexity index is 1210. The zero-order valence-corrected chi connectivity index (χ0v) is 21.2. The average Bonchev–Trinajstić information content (AvgIpc) is 3.07. The molecule has 1 saturated heterocycles. The maximum absolute atomic E-state index is 12.9. The van der Waals surface area contributed by atoms with Gasteiger partial charge in [-0.2, -0.15) is 0 Å². The van der Waals surface area contributed by atoms with Crippen molar-refractivity contribution in [2.24, 2.45) is 0 Å². The molecule has 0 unspecified atom stereocenters. The van der Waals surface area contributed by atoms with E-state index < -0.39 is 0 Å². The normalized spacial score (nSPS) is 14.8. The number of nitrogens with zero attached hydrogens (tertiary/aromatic N) is 1. The standard InChI is InChI=1S/C26H22INO4S/c1-17-3-5-18(6-4-17)15-28-25(29)24(33-26(28)30)14-20-9-12-22(23(13-20)31-2)32-16-19-7-10-21(27)11-8-19/h3-14H,15-16H2,1-2H3/b24-14-. The number of ether oxygens (including phenoxy) is 2. The highest BCUT2D eigenvalue weighted by molar-refractivity contribution is 14.1. The Labute approximate surface area is 210 Å². The SMILES string of the molecule is COc1cc(/C=C2\SC(=O)N(Cc3ccc(C)cc3)C2=O)ccc1OCc1ccc(I)cc1. The molecule has 1 heterocycles. The third kappa shape index (κ3) is 5.78. The number of carbonyl (C=O) groups excluding carboxylic acids is 2. The Balaban J connectivity index is 1.47. The highest BCUT2D eigenvalue weighted by Crippen LogP contribution is 2.35. The number of benzene rings is 3. The lowest BCUT2D eigenvalue weighted by Crippen LogP contribution is -2.27. The van der Waals surface area contributed by atoms with Crippen LogP contribution in [0.2, 0.25) is 0 Å². The topological polar surface area (TPSA) is 55.8 Å². The summed E-state index contributed by atoms with van der Waals surface area (Å²) in [6, 6.07) is 21.4. The summed E-state index contributed by atoms with van der Waals surface area (Å²) in [6.45, 7) is 2.68. The van der Waals surface area contributed by atoms with Gasteiger partial charge >= 0.3 is 0 Å². The molecule has 0 N–H and O–H groups in total. The summed E-state index contributed by atoms with van der Waals surface area (Å²) in [5.41, 5.74) is 3.87. The van der Waals surface area contributed by atoms with Gasteiger partial charge in [-0.3, -0.25) is 14.5 Å². The van der Waals surface area contributed by atoms with E-state index in [0.717, 1.165) is 34.0 Å². The number of amides is 2. The fraction of sp³-hybridized carbons (Fsp3) is 0.154. The van der Waals surface area contributed by atoms with E-state index in [-0.39, 0.29) is 17.7 Å². The van der Waals surface area contributed by atoms with E-state index in [4.69, 9.17) is 9.47 Å². The molecule has 1 aliphatic rings. The van der Waals surface area contributed by atoms with Crippen LogP contribution in [0.3, 0.4) is 0 Å². The molecule has 0 atom stereocenters. The third-order valence-electron chi connectivity index (χ3n) is 5.13. The largest absolute Gasteiger partial charge is 0.493 e. The molecule has 0 saturated carbocycles. The smallest absolute Gasteiger partial charge is 0.293 e. The minimum atomic E-state index is -0.288. The molecule has 0 aliphatic carbocycles. The molecule has 7 heteroatoms. The molecule has 4 rings (SSSR count). The fourth-order valence-corrected chi connectivity index (χ4v) is 4.50. The van der Waals surface area contributed by atoms with Crippen LogP contribution < -0.4 is 9.47 Å². The van der Waals surface area contributed by atoms with Crippen molar-refractivity contribution in [3.05, 3.63) is 97.5 Å². The van der Waals surface area contributed by atoms with E-state index >= 15 is 0 Å². The first-order valence-corrected chi connectivity index (χ1v) is 12.2. The molecule has 3 aromatic rings. The van der Waals surface area contributed by atoms with Gasteiger partial charge in [-0.05, 0) is 88.3 Å². The molecule has 2 amide bonds. The van der Waals surface area contributed by atoms with Crippen LogP contribution in [0.15, 0.2) is 71.6 Å². The van der Waals surface area contributed by atoms with Crippen LogP contribution in [0, 0.1) is 10.5 Å². The molecule has 168 valence electrons. The average molecular weight is 571 g/mol. The van der Waals surface area contributed by atoms with Crippen molar-refractivity contribution in [3.63, 3.8) is 0 Å². The van der Waals surface area contributed by atoms with Crippen LogP contribution in [0.5, 0.6) is 11.5 Å². The van der Waals surface area contributed by atoms with Gasteiger partial charge in [0.05, 0.1) is 18.6 Å². The Morgan fingerprint density at radius 2 is 1.64 bits per heavy atom. The molecular weight excluding hydrogens is 549 g/mol. The number of thioether (sulfide) groups is 1. The van der Waals surface area contributed by atoms with Crippen molar-refractivity contribution in [2.75, 3.05) is 7.11 Å². The predicted molar refractivity (Wildman–Crippen MR) is 139 cm³/mol. The van der Waals surface area contributed by atoms with Crippen molar-refractivity contribution in [1.29, 1.82) is 0 Å². The molecule has 1 fully saturated rings. The summed E-state index contributed by atoms with van der Waals surface area (Å²) >= 11 is 3.22. The van der Waals surface area contributed by atoms with Gasteiger partial charge in [0.1, 0.15) is 6.61 Å². The molecule has 0 bridgehead atoms. The van der Waals surface area contributed by atoms with Gasteiger partial charge in [0.15, 0.2) is 11.5 Å². The van der Waals surface area contributed by atoms with Crippen molar-refractivity contribution in [1.82, 2.24) is 4.90 Å². The van der Waals surface area contributed by atoms with Crippen molar-refractivity contribution in [2.45, 2.75) is 20.1 Å². The minimum absolute atomic E-state index is 0.261. The second-order valence-corrected chi connectivity index (χ2v) is 9.82. The van der Waals surface area contributed by atoms with E-state index in [9.17, 15) is 9.59 Å². The van der Waals surface area contributed by atoms with E-state index in [2.05, 4.69) is 22.6 Å². The van der Waals surface area contributed by atoms with Crippen LogP contribution in [-0.4, -0.2) is 23.2 Å². The number of carbonyl (C=O) groups is 2. The number of hydrogen-bond donors (Lipinski definition) is 0. The van der Waals surface area contributed by atoms with Gasteiger partial charge in [-0.25, -0.2) is 0 Å². The van der Waals surface area contributed by atoms with E-state index in [1.165, 1.54) is 8.47 Å². The molecule has 3 aromatic carbocycles. The van der Waals surface area contributed by atoms with Crippen LogP contribution in [0.25, 0.3) is 6.08 Å². The summed E-state index contributed by atoms with van der Waals surface area (Å²) in [4.78, 5) is 27.0. The van der Waals surface area contributed by atoms with Crippen LogP contribution in [0.1, 0.15) is 22.3 Å². The lowest BCUT2D eigenvalue weighted by Gasteiger charge is -2.13. The fourth-order valence-electron chi connectivity index (χ4n) is 3.30. The molecule has 5 nitrogen and oxygen atoms in total. The van der Waals surface area contributed by atoms with Crippen molar-refractivity contribution in [3.8, 4) is 11.5 Å². The highest BCUT2D eigenvalue weighted by Gasteiger charge is 2.35. The summed E-state index contributed by atoms with van der Waals surface area (Å²) < 4.78 is 12.6. The molecule has 0 spiro atoms. The number of hydrogen-bond acceptors (Lipinski definition) is 5. The Morgan fingerprint density at radius 3 is 2.33 bits per heavy atom. The first kappa shape index (κ1) is 23.4. The Morgan fingerprint density at radius 1 is 0.939 bits per heavy atom. The number of imide groups is 1. The van der Waals surface area contributed by atoms with E-state index in [1.807, 2.05) is 67.6 Å². The quantitative estimate of drug-likeness (QED) is 0.242. The van der Waals surface area contributed by atoms with Crippen LogP contribution in [-0.2, 0) is 17.9 Å². The summed E-state index contributed by atoms with van der Waals surface area (Å²) in [5, 5.41) is -0.267. The minimum Gasteiger partial charge on any atom is -0.493 e. The second kappa shape index (κ2) is 10.4. The first-order chi connectivity index (χ1) is 15.9. The maximum atomic E-state index is 12.9. The molecular formula is C26H22INO4S. The van der Waals surface area contributed by atoms with Crippen LogP contribution >= 0.6 is 34.4 Å². The summed E-state index contributed by atoms with van der Waals surface area (Å²) in [7, 11) is 1.58. The van der Waals surface area contributed by atoms with Crippen molar-refractivity contribution >= 4 is 51.6 Å². The molecule has 33 heavy (non-hydrogen) atoms. The monoisotopic (exact) mass is 571 g/mol. The van der Waals surface area contributed by atoms with Crippen LogP contribution in [0.4, 0.5) is 4.79 Å². The summed E-state index contributed by atoms with van der Waals surface area (Å²) in [5.74, 6) is 0.886. The van der Waals surface area contributed by atoms with Gasteiger partial charge in [0.25, 0.3) is 11.1 Å². The van der Waals surface area contributed by atoms with Gasteiger partial charge in [0, 0.05) is 3.57 Å². The predicted octanol–water partition coefficient (Wildman–Crippen LogP) is 6.42. The number of rotatable bonds is 7. The molecule has 0 radical (unpaired) electrons. The molecule has 0 aromatic heterocycles. The highest BCUT2D eigenvalue weighted by atomic mass is 127. The van der Waals surface area contributed by atoms with Crippen molar-refractivity contribution < 1.29 is 19.1 Å². The lowest BCUT2D eigenvalue weighted by atomic mass is 10.1. The van der Waals surface area contributed by atoms with Gasteiger partial charge in [-0.1, -0.05) is 48.0 Å². The van der Waals surface area contributed by atoms with Gasteiger partial charge < -0.3 is 9.47 Å². The zero-order chi connectivity index (χ0) is 23.4. The van der Waals surface area contributed by atoms with Gasteiger partial charge in [0.2, 0.25) is 0 Å². The third-order valence-corrected chi connectivity index (χ3v) is 6.75. The Hall–Kier alpha value is -2.78. The number of methoxy groups -OCH3 is 1. The maximum Gasteiger partial charge on any atom is 0.293 e. The molecule has 1 aliphatic heterocycles. The van der Waals surface area contributed by atoms with Gasteiger partial charge in [-0.15, -0.1) is 0 Å². The summed E-state index contributed by atoms with van der Waals surface area (Å²) in [6.07, 6.45) is 1.71. The first-order valence-electron chi connectivity index (χ1n) is 10.3.